The molecule has 0 spiro atoms. The van der Waals surface area contributed by atoms with Crippen LogP contribution in [-0.4, -0.2) is 41.1 Å². The molecule has 2 atom stereocenters. The third kappa shape index (κ3) is 4.07. The minimum absolute atomic E-state index is 0.0165. The van der Waals surface area contributed by atoms with Gasteiger partial charge in [-0.1, -0.05) is 51.8 Å². The fraction of sp³-hybridized carbons (Fsp3) is 0.481. The first-order chi connectivity index (χ1) is 15.9. The Hall–Kier alpha value is -2.34. The highest BCUT2D eigenvalue weighted by Crippen LogP contribution is 2.50. The maximum absolute atomic E-state index is 13.7. The first-order valence-corrected chi connectivity index (χ1v) is 12.7. The van der Waals surface area contributed by atoms with E-state index in [-0.39, 0.29) is 29.2 Å². The van der Waals surface area contributed by atoms with Crippen LogP contribution >= 0.6 is 15.9 Å². The number of carbonyl (C=O) groups excluding carboxylic acids is 1. The molecule has 0 aromatic heterocycles. The molecule has 1 aliphatic carbocycles. The van der Waals surface area contributed by atoms with Crippen molar-refractivity contribution >= 4 is 27.8 Å². The minimum atomic E-state index is -0.734. The second-order valence-electron chi connectivity index (χ2n) is 9.95. The zero-order valence-electron chi connectivity index (χ0n) is 18.9. The first-order valence-electron chi connectivity index (χ1n) is 11.9. The SMILES string of the molecule is Cc1ccc(CC23CCN(C(=O)[C@H]4CC[C@H](C(=O)O)CC4)C2COc2cc(Br)ccc23)cc1. The number of fused-ring (bicyclic) bond motifs is 3. The molecular formula is C27H30BrNO4. The summed E-state index contributed by atoms with van der Waals surface area (Å²) in [7, 11) is 0. The van der Waals surface area contributed by atoms with Crippen LogP contribution in [0.2, 0.25) is 0 Å². The number of ether oxygens (including phenoxy) is 1. The molecule has 3 aliphatic rings. The lowest BCUT2D eigenvalue weighted by molar-refractivity contribution is -0.146. The smallest absolute Gasteiger partial charge is 0.306 e. The average molecular weight is 512 g/mol. The van der Waals surface area contributed by atoms with Crippen molar-refractivity contribution in [1.82, 2.24) is 4.90 Å². The second kappa shape index (κ2) is 8.79. The van der Waals surface area contributed by atoms with Crippen LogP contribution in [0.5, 0.6) is 5.75 Å². The van der Waals surface area contributed by atoms with Gasteiger partial charge in [0, 0.05) is 27.9 Å². The van der Waals surface area contributed by atoms with Crippen molar-refractivity contribution in [3.63, 3.8) is 0 Å². The van der Waals surface area contributed by atoms with Gasteiger partial charge in [0.15, 0.2) is 0 Å². The molecule has 2 aromatic carbocycles. The molecule has 2 fully saturated rings. The Balaban J connectivity index is 1.45. The summed E-state index contributed by atoms with van der Waals surface area (Å²) in [6, 6.07) is 15.0. The molecule has 2 aromatic rings. The Morgan fingerprint density at radius 2 is 1.79 bits per heavy atom. The highest BCUT2D eigenvalue weighted by atomic mass is 79.9. The van der Waals surface area contributed by atoms with E-state index < -0.39 is 5.97 Å². The van der Waals surface area contributed by atoms with E-state index in [1.165, 1.54) is 16.7 Å². The summed E-state index contributed by atoms with van der Waals surface area (Å²) in [5.41, 5.74) is 3.52. The molecule has 2 unspecified atom stereocenters. The van der Waals surface area contributed by atoms with Gasteiger partial charge in [-0.05, 0) is 63.1 Å². The van der Waals surface area contributed by atoms with Gasteiger partial charge in [0.1, 0.15) is 12.4 Å². The van der Waals surface area contributed by atoms with Crippen molar-refractivity contribution in [2.24, 2.45) is 11.8 Å². The maximum atomic E-state index is 13.7. The third-order valence-electron chi connectivity index (χ3n) is 8.04. The number of aryl methyl sites for hydroxylation is 1. The number of likely N-dealkylation sites (tertiary alicyclic amines) is 1. The summed E-state index contributed by atoms with van der Waals surface area (Å²) in [5, 5.41) is 9.32. The van der Waals surface area contributed by atoms with Crippen molar-refractivity contribution in [2.75, 3.05) is 13.2 Å². The van der Waals surface area contributed by atoms with Crippen LogP contribution in [0.25, 0.3) is 0 Å². The fourth-order valence-corrected chi connectivity index (χ4v) is 6.50. The largest absolute Gasteiger partial charge is 0.491 e. The molecule has 1 amide bonds. The third-order valence-corrected chi connectivity index (χ3v) is 8.53. The monoisotopic (exact) mass is 511 g/mol. The van der Waals surface area contributed by atoms with Gasteiger partial charge in [-0.3, -0.25) is 9.59 Å². The number of carbonyl (C=O) groups is 2. The predicted molar refractivity (Wildman–Crippen MR) is 129 cm³/mol. The number of hydrogen-bond donors (Lipinski definition) is 1. The van der Waals surface area contributed by atoms with E-state index >= 15 is 0 Å². The summed E-state index contributed by atoms with van der Waals surface area (Å²) in [4.78, 5) is 27.1. The summed E-state index contributed by atoms with van der Waals surface area (Å²) >= 11 is 3.57. The van der Waals surface area contributed by atoms with Crippen molar-refractivity contribution < 1.29 is 19.4 Å². The molecule has 1 saturated carbocycles. The van der Waals surface area contributed by atoms with E-state index in [2.05, 4.69) is 64.2 Å². The lowest BCUT2D eigenvalue weighted by Crippen LogP contribution is -2.53. The van der Waals surface area contributed by atoms with Gasteiger partial charge in [0.25, 0.3) is 0 Å². The van der Waals surface area contributed by atoms with Crippen molar-refractivity contribution in [2.45, 2.75) is 56.9 Å². The molecule has 1 N–H and O–H groups in total. The Labute approximate surface area is 203 Å². The average Bonchev–Trinajstić information content (AvgIpc) is 3.19. The molecule has 0 bridgehead atoms. The van der Waals surface area contributed by atoms with Gasteiger partial charge in [0.05, 0.1) is 12.0 Å². The lowest BCUT2D eigenvalue weighted by atomic mass is 9.68. The molecule has 33 heavy (non-hydrogen) atoms. The van der Waals surface area contributed by atoms with E-state index in [1.54, 1.807) is 0 Å². The van der Waals surface area contributed by atoms with Crippen molar-refractivity contribution in [3.8, 4) is 5.75 Å². The van der Waals surface area contributed by atoms with Gasteiger partial charge in [-0.15, -0.1) is 0 Å². The quantitative estimate of drug-likeness (QED) is 0.618. The molecule has 1 saturated heterocycles. The first kappa shape index (κ1) is 22.5. The fourth-order valence-electron chi connectivity index (χ4n) is 6.16. The number of nitrogens with zero attached hydrogens (tertiary/aromatic N) is 1. The number of aliphatic carboxylic acids is 1. The predicted octanol–water partition coefficient (Wildman–Crippen LogP) is 5.12. The Kier molecular flexibility index (Phi) is 5.98. The number of amides is 1. The van der Waals surface area contributed by atoms with Crippen LogP contribution in [-0.2, 0) is 21.4 Å². The van der Waals surface area contributed by atoms with Gasteiger partial charge in [0.2, 0.25) is 5.91 Å². The van der Waals surface area contributed by atoms with Gasteiger partial charge >= 0.3 is 5.97 Å². The highest BCUT2D eigenvalue weighted by molar-refractivity contribution is 9.10. The summed E-state index contributed by atoms with van der Waals surface area (Å²) in [6.45, 7) is 3.31. The van der Waals surface area contributed by atoms with Gasteiger partial charge in [-0.2, -0.15) is 0 Å². The zero-order valence-corrected chi connectivity index (χ0v) is 20.5. The van der Waals surface area contributed by atoms with Crippen LogP contribution in [0.4, 0.5) is 0 Å². The number of carboxylic acid groups (broad SMARTS) is 1. The molecular weight excluding hydrogens is 482 g/mol. The standard InChI is InChI=1S/C27H30BrNO4/c1-17-2-4-18(5-3-17)15-27-12-13-29(25(30)19-6-8-20(9-7-19)26(31)32)24(27)16-33-23-14-21(28)10-11-22(23)27/h2-5,10-11,14,19-20,24H,6-9,12-13,15-16H2,1H3,(H,31,32)/t19-,20-,24?,27?. The zero-order chi connectivity index (χ0) is 23.2. The van der Waals surface area contributed by atoms with Crippen LogP contribution in [0.3, 0.4) is 0 Å². The topological polar surface area (TPSA) is 66.8 Å². The summed E-state index contributed by atoms with van der Waals surface area (Å²) < 4.78 is 7.21. The van der Waals surface area contributed by atoms with Crippen LogP contribution in [0, 0.1) is 18.8 Å². The van der Waals surface area contributed by atoms with Crippen LogP contribution < -0.4 is 4.74 Å². The van der Waals surface area contributed by atoms with Gasteiger partial charge in [-0.25, -0.2) is 0 Å². The minimum Gasteiger partial charge on any atom is -0.491 e. The van der Waals surface area contributed by atoms with E-state index in [4.69, 9.17) is 4.74 Å². The number of halogens is 1. The Morgan fingerprint density at radius 3 is 2.48 bits per heavy atom. The number of carboxylic acids is 1. The molecule has 0 radical (unpaired) electrons. The highest BCUT2D eigenvalue weighted by Gasteiger charge is 2.54. The van der Waals surface area contributed by atoms with Gasteiger partial charge < -0.3 is 14.7 Å². The maximum Gasteiger partial charge on any atom is 0.306 e. The number of rotatable bonds is 4. The van der Waals surface area contributed by atoms with E-state index in [0.29, 0.717) is 38.8 Å². The second-order valence-corrected chi connectivity index (χ2v) is 10.9. The van der Waals surface area contributed by atoms with Crippen LogP contribution in [0.1, 0.15) is 48.8 Å². The van der Waals surface area contributed by atoms with E-state index in [0.717, 1.165) is 23.1 Å². The summed E-state index contributed by atoms with van der Waals surface area (Å²) in [5.74, 6) is -0.0379. The molecule has 2 heterocycles. The summed E-state index contributed by atoms with van der Waals surface area (Å²) in [6.07, 6.45) is 4.27. The molecule has 5 rings (SSSR count). The molecule has 5 nitrogen and oxygen atoms in total. The molecule has 6 heteroatoms. The van der Waals surface area contributed by atoms with Crippen molar-refractivity contribution in [1.29, 1.82) is 0 Å². The molecule has 2 aliphatic heterocycles. The normalized spacial score (nSPS) is 28.5. The van der Waals surface area contributed by atoms with E-state index in [9.17, 15) is 14.7 Å². The number of benzene rings is 2. The van der Waals surface area contributed by atoms with Crippen molar-refractivity contribution in [3.05, 3.63) is 63.6 Å². The Morgan fingerprint density at radius 1 is 1.09 bits per heavy atom. The van der Waals surface area contributed by atoms with Crippen LogP contribution in [0.15, 0.2) is 46.9 Å². The number of hydrogen-bond acceptors (Lipinski definition) is 3. The lowest BCUT2D eigenvalue weighted by Gasteiger charge is -2.44. The Bertz CT molecular complexity index is 1060. The molecule has 174 valence electrons. The van der Waals surface area contributed by atoms with E-state index in [1.807, 2.05) is 6.07 Å².